The van der Waals surface area contributed by atoms with Crippen molar-refractivity contribution in [1.29, 1.82) is 0 Å². The van der Waals surface area contributed by atoms with Gasteiger partial charge >= 0.3 is 0 Å². The fraction of sp³-hybridized carbons (Fsp3) is 0. The lowest BCUT2D eigenvalue weighted by Gasteiger charge is -2.10. The molecular weight excluding hydrogens is 361 g/mol. The van der Waals surface area contributed by atoms with Gasteiger partial charge < -0.3 is 5.32 Å². The van der Waals surface area contributed by atoms with Gasteiger partial charge in [0, 0.05) is 10.0 Å². The standard InChI is InChI=1S/C13H5BrF5NO/c14-6-3-1-2-5(4-6)13(21)20-12-10(18)8(16)7(15)9(17)11(12)19/h1-4H,(H,20,21). The molecule has 1 amide bonds. The van der Waals surface area contributed by atoms with E-state index in [4.69, 9.17) is 0 Å². The quantitative estimate of drug-likeness (QED) is 0.477. The van der Waals surface area contributed by atoms with Crippen molar-refractivity contribution in [3.63, 3.8) is 0 Å². The number of amides is 1. The summed E-state index contributed by atoms with van der Waals surface area (Å²) in [6.07, 6.45) is 0. The number of carbonyl (C=O) groups excluding carboxylic acids is 1. The minimum absolute atomic E-state index is 0.0201. The highest BCUT2D eigenvalue weighted by atomic mass is 79.9. The fourth-order valence-electron chi connectivity index (χ4n) is 1.53. The summed E-state index contributed by atoms with van der Waals surface area (Å²) >= 11 is 3.08. The number of hydrogen-bond acceptors (Lipinski definition) is 1. The van der Waals surface area contributed by atoms with Crippen LogP contribution >= 0.6 is 15.9 Å². The van der Waals surface area contributed by atoms with Crippen molar-refractivity contribution in [2.45, 2.75) is 0 Å². The van der Waals surface area contributed by atoms with E-state index in [-0.39, 0.29) is 5.56 Å². The Morgan fingerprint density at radius 2 is 1.43 bits per heavy atom. The van der Waals surface area contributed by atoms with Gasteiger partial charge in [-0.05, 0) is 18.2 Å². The van der Waals surface area contributed by atoms with Gasteiger partial charge in [0.2, 0.25) is 5.82 Å². The molecule has 0 aliphatic heterocycles. The highest BCUT2D eigenvalue weighted by Crippen LogP contribution is 2.27. The van der Waals surface area contributed by atoms with Gasteiger partial charge in [-0.15, -0.1) is 0 Å². The number of benzene rings is 2. The average Bonchev–Trinajstić information content (AvgIpc) is 2.47. The second-order valence-corrected chi connectivity index (χ2v) is 4.83. The molecule has 0 aromatic heterocycles. The molecule has 0 unspecified atom stereocenters. The summed E-state index contributed by atoms with van der Waals surface area (Å²) in [4.78, 5) is 11.8. The van der Waals surface area contributed by atoms with Gasteiger partial charge in [0.05, 0.1) is 0 Å². The van der Waals surface area contributed by atoms with Gasteiger partial charge in [0.15, 0.2) is 23.3 Å². The lowest BCUT2D eigenvalue weighted by Crippen LogP contribution is -2.16. The second kappa shape index (κ2) is 5.80. The van der Waals surface area contributed by atoms with Gasteiger partial charge in [-0.1, -0.05) is 22.0 Å². The molecule has 2 nitrogen and oxygen atoms in total. The highest BCUT2D eigenvalue weighted by Gasteiger charge is 2.27. The zero-order valence-electron chi connectivity index (χ0n) is 9.99. The molecule has 0 aliphatic rings. The molecule has 0 atom stereocenters. The number of hydrogen-bond donors (Lipinski definition) is 1. The smallest absolute Gasteiger partial charge is 0.255 e. The first kappa shape index (κ1) is 15.4. The first-order valence-corrected chi connectivity index (χ1v) is 6.20. The second-order valence-electron chi connectivity index (χ2n) is 3.91. The van der Waals surface area contributed by atoms with E-state index >= 15 is 0 Å². The number of anilines is 1. The fourth-order valence-corrected chi connectivity index (χ4v) is 1.93. The molecule has 2 aromatic rings. The van der Waals surface area contributed by atoms with Crippen molar-refractivity contribution in [2.24, 2.45) is 0 Å². The minimum Gasteiger partial charge on any atom is -0.317 e. The van der Waals surface area contributed by atoms with Crippen LogP contribution in [-0.4, -0.2) is 5.91 Å². The van der Waals surface area contributed by atoms with Crippen molar-refractivity contribution >= 4 is 27.5 Å². The largest absolute Gasteiger partial charge is 0.317 e. The molecule has 8 heteroatoms. The van der Waals surface area contributed by atoms with Crippen LogP contribution in [0.25, 0.3) is 0 Å². The molecule has 0 saturated heterocycles. The number of carbonyl (C=O) groups is 1. The molecule has 0 fully saturated rings. The SMILES string of the molecule is O=C(Nc1c(F)c(F)c(F)c(F)c1F)c1cccc(Br)c1. The third-order valence-corrected chi connectivity index (χ3v) is 3.03. The number of nitrogens with one attached hydrogen (secondary N) is 1. The molecule has 0 aliphatic carbocycles. The number of halogens is 6. The molecule has 0 radical (unpaired) electrons. The third kappa shape index (κ3) is 2.90. The van der Waals surface area contributed by atoms with Crippen LogP contribution in [0.15, 0.2) is 28.7 Å². The lowest BCUT2D eigenvalue weighted by atomic mass is 10.2. The first-order chi connectivity index (χ1) is 9.82. The monoisotopic (exact) mass is 365 g/mol. The molecule has 0 spiro atoms. The Balaban J connectivity index is 2.43. The van der Waals surface area contributed by atoms with Crippen molar-refractivity contribution < 1.29 is 26.7 Å². The van der Waals surface area contributed by atoms with E-state index < -0.39 is 40.7 Å². The van der Waals surface area contributed by atoms with Crippen LogP contribution in [0.1, 0.15) is 10.4 Å². The van der Waals surface area contributed by atoms with Gasteiger partial charge in [-0.3, -0.25) is 4.79 Å². The van der Waals surface area contributed by atoms with Crippen molar-refractivity contribution in [3.05, 3.63) is 63.4 Å². The molecule has 2 aromatic carbocycles. The predicted molar refractivity (Wildman–Crippen MR) is 68.3 cm³/mol. The van der Waals surface area contributed by atoms with Crippen LogP contribution in [0.4, 0.5) is 27.6 Å². The van der Waals surface area contributed by atoms with Crippen LogP contribution in [0.3, 0.4) is 0 Å². The summed E-state index contributed by atoms with van der Waals surface area (Å²) in [5.41, 5.74) is -1.41. The molecule has 0 saturated carbocycles. The lowest BCUT2D eigenvalue weighted by molar-refractivity contribution is 0.102. The number of rotatable bonds is 2. The summed E-state index contributed by atoms with van der Waals surface area (Å²) < 4.78 is 66.2. The summed E-state index contributed by atoms with van der Waals surface area (Å²) in [5.74, 6) is -11.8. The van der Waals surface area contributed by atoms with Crippen LogP contribution < -0.4 is 5.32 Å². The highest BCUT2D eigenvalue weighted by molar-refractivity contribution is 9.10. The maximum absolute atomic E-state index is 13.4. The summed E-state index contributed by atoms with van der Waals surface area (Å²) in [7, 11) is 0. The van der Waals surface area contributed by atoms with Crippen LogP contribution in [0.5, 0.6) is 0 Å². The van der Waals surface area contributed by atoms with Gasteiger partial charge in [-0.2, -0.15) is 0 Å². The molecule has 110 valence electrons. The first-order valence-electron chi connectivity index (χ1n) is 5.41. The summed E-state index contributed by atoms with van der Waals surface area (Å²) in [6.45, 7) is 0. The van der Waals surface area contributed by atoms with Crippen LogP contribution in [0, 0.1) is 29.1 Å². The zero-order chi connectivity index (χ0) is 15.7. The molecule has 21 heavy (non-hydrogen) atoms. The van der Waals surface area contributed by atoms with E-state index in [0.717, 1.165) is 0 Å². The normalized spacial score (nSPS) is 10.6. The van der Waals surface area contributed by atoms with Gasteiger partial charge in [0.25, 0.3) is 5.91 Å². The molecular formula is C13H5BrF5NO. The van der Waals surface area contributed by atoms with E-state index in [1.165, 1.54) is 18.2 Å². The van der Waals surface area contributed by atoms with Crippen LogP contribution in [-0.2, 0) is 0 Å². The predicted octanol–water partition coefficient (Wildman–Crippen LogP) is 4.40. The van der Waals surface area contributed by atoms with Crippen molar-refractivity contribution in [3.8, 4) is 0 Å². The Kier molecular flexibility index (Phi) is 4.26. The maximum atomic E-state index is 13.4. The Morgan fingerprint density at radius 1 is 0.905 bits per heavy atom. The molecule has 0 heterocycles. The average molecular weight is 366 g/mol. The van der Waals surface area contributed by atoms with E-state index in [0.29, 0.717) is 4.47 Å². The Morgan fingerprint density at radius 3 is 1.95 bits per heavy atom. The third-order valence-electron chi connectivity index (χ3n) is 2.54. The molecule has 1 N–H and O–H groups in total. The summed E-state index contributed by atoms with van der Waals surface area (Å²) in [6, 6.07) is 5.69. The van der Waals surface area contributed by atoms with E-state index in [1.54, 1.807) is 11.4 Å². The Bertz CT molecular complexity index is 706. The zero-order valence-corrected chi connectivity index (χ0v) is 11.6. The minimum atomic E-state index is -2.29. The van der Waals surface area contributed by atoms with Crippen LogP contribution in [0.2, 0.25) is 0 Å². The van der Waals surface area contributed by atoms with E-state index in [2.05, 4.69) is 15.9 Å². The molecule has 2 rings (SSSR count). The summed E-state index contributed by atoms with van der Waals surface area (Å²) in [5, 5.41) is 1.67. The topological polar surface area (TPSA) is 29.1 Å². The molecule has 0 bridgehead atoms. The Hall–Kier alpha value is -1.96. The van der Waals surface area contributed by atoms with Gasteiger partial charge in [-0.25, -0.2) is 22.0 Å². The van der Waals surface area contributed by atoms with Crippen molar-refractivity contribution in [2.75, 3.05) is 5.32 Å². The van der Waals surface area contributed by atoms with Crippen molar-refractivity contribution in [1.82, 2.24) is 0 Å². The van der Waals surface area contributed by atoms with E-state index in [9.17, 15) is 26.7 Å². The van der Waals surface area contributed by atoms with E-state index in [1.807, 2.05) is 0 Å². The Labute approximate surface area is 123 Å². The maximum Gasteiger partial charge on any atom is 0.255 e. The van der Waals surface area contributed by atoms with Gasteiger partial charge in [0.1, 0.15) is 5.69 Å².